The molecule has 0 saturated heterocycles. The molecule has 1 aromatic heterocycles. The van der Waals surface area contributed by atoms with Gasteiger partial charge in [-0.15, -0.1) is 0 Å². The van der Waals surface area contributed by atoms with Gasteiger partial charge in [0.15, 0.2) is 0 Å². The molecule has 6 heteroatoms. The van der Waals surface area contributed by atoms with E-state index in [4.69, 9.17) is 0 Å². The van der Waals surface area contributed by atoms with Gasteiger partial charge in [-0.05, 0) is 62.8 Å². The number of benzene rings is 1. The zero-order chi connectivity index (χ0) is 19.8. The van der Waals surface area contributed by atoms with Crippen molar-refractivity contribution in [2.24, 2.45) is 0 Å². The summed E-state index contributed by atoms with van der Waals surface area (Å²) >= 11 is 0. The Morgan fingerprint density at radius 1 is 1.00 bits per heavy atom. The molecular formula is C21H28N4O2. The highest BCUT2D eigenvalue weighted by atomic mass is 16.2. The van der Waals surface area contributed by atoms with Crippen molar-refractivity contribution in [3.05, 3.63) is 59.4 Å². The van der Waals surface area contributed by atoms with E-state index in [1.54, 1.807) is 18.2 Å². The second-order valence-corrected chi connectivity index (χ2v) is 7.05. The van der Waals surface area contributed by atoms with Gasteiger partial charge in [0.25, 0.3) is 11.8 Å². The Morgan fingerprint density at radius 3 is 2.22 bits per heavy atom. The fraction of sp³-hybridized carbons (Fsp3) is 0.381. The lowest BCUT2D eigenvalue weighted by molar-refractivity contribution is 0.0947. The third-order valence-corrected chi connectivity index (χ3v) is 4.12. The highest BCUT2D eigenvalue weighted by Crippen LogP contribution is 2.17. The zero-order valence-electron chi connectivity index (χ0n) is 16.5. The van der Waals surface area contributed by atoms with Crippen LogP contribution in [0.25, 0.3) is 0 Å². The Balaban J connectivity index is 1.97. The van der Waals surface area contributed by atoms with E-state index < -0.39 is 0 Å². The molecule has 0 unspecified atom stereocenters. The van der Waals surface area contributed by atoms with Gasteiger partial charge in [-0.3, -0.25) is 9.59 Å². The molecule has 0 radical (unpaired) electrons. The molecule has 0 aliphatic rings. The normalized spacial score (nSPS) is 10.9. The summed E-state index contributed by atoms with van der Waals surface area (Å²) in [6.07, 6.45) is 0.852. The smallest absolute Gasteiger partial charge is 0.274 e. The topological polar surface area (TPSA) is 74.3 Å². The second kappa shape index (κ2) is 9.83. The number of pyridine rings is 1. The number of anilines is 1. The van der Waals surface area contributed by atoms with Crippen LogP contribution < -0.4 is 10.6 Å². The summed E-state index contributed by atoms with van der Waals surface area (Å²) in [7, 11) is 3.98. The Kier molecular flexibility index (Phi) is 7.49. The molecule has 6 nitrogen and oxygen atoms in total. The van der Waals surface area contributed by atoms with Gasteiger partial charge in [0.2, 0.25) is 0 Å². The van der Waals surface area contributed by atoms with Crippen LogP contribution in [0.2, 0.25) is 0 Å². The molecule has 2 rings (SSSR count). The molecule has 27 heavy (non-hydrogen) atoms. The minimum atomic E-state index is -0.338. The van der Waals surface area contributed by atoms with Crippen LogP contribution >= 0.6 is 0 Å². The molecule has 0 fully saturated rings. The molecule has 0 aliphatic carbocycles. The van der Waals surface area contributed by atoms with Crippen molar-refractivity contribution in [1.29, 1.82) is 0 Å². The molecule has 0 bridgehead atoms. The average molecular weight is 368 g/mol. The van der Waals surface area contributed by atoms with Crippen molar-refractivity contribution < 1.29 is 9.59 Å². The summed E-state index contributed by atoms with van der Waals surface area (Å²) in [5.74, 6) is -0.177. The van der Waals surface area contributed by atoms with Crippen molar-refractivity contribution in [3.63, 3.8) is 0 Å². The van der Waals surface area contributed by atoms with E-state index in [0.29, 0.717) is 18.2 Å². The number of nitrogens with zero attached hydrogens (tertiary/aromatic N) is 2. The van der Waals surface area contributed by atoms with E-state index in [-0.39, 0.29) is 23.2 Å². The summed E-state index contributed by atoms with van der Waals surface area (Å²) in [5, 5.41) is 5.64. The van der Waals surface area contributed by atoms with Crippen LogP contribution in [0, 0.1) is 0 Å². The van der Waals surface area contributed by atoms with Crippen LogP contribution in [0.15, 0.2) is 42.5 Å². The first-order chi connectivity index (χ1) is 12.9. The fourth-order valence-corrected chi connectivity index (χ4v) is 2.52. The number of carbonyl (C=O) groups excluding carboxylic acids is 2. The van der Waals surface area contributed by atoms with E-state index in [2.05, 4.69) is 34.4 Å². The van der Waals surface area contributed by atoms with Crippen molar-refractivity contribution in [3.8, 4) is 0 Å². The summed E-state index contributed by atoms with van der Waals surface area (Å²) in [6, 6.07) is 12.6. The number of rotatable bonds is 8. The number of aromatic nitrogens is 1. The lowest BCUT2D eigenvalue weighted by atomic mass is 10.0. The summed E-state index contributed by atoms with van der Waals surface area (Å²) in [6.45, 7) is 5.70. The Labute approximate surface area is 161 Å². The van der Waals surface area contributed by atoms with Crippen molar-refractivity contribution >= 4 is 17.5 Å². The van der Waals surface area contributed by atoms with Crippen LogP contribution in [-0.4, -0.2) is 48.9 Å². The number of nitrogens with one attached hydrogen (secondary N) is 2. The molecule has 1 aromatic carbocycles. The first kappa shape index (κ1) is 20.6. The fourth-order valence-electron chi connectivity index (χ4n) is 2.52. The average Bonchev–Trinajstić information content (AvgIpc) is 2.65. The van der Waals surface area contributed by atoms with Gasteiger partial charge in [0, 0.05) is 12.2 Å². The molecule has 0 saturated carbocycles. The highest BCUT2D eigenvalue weighted by Gasteiger charge is 2.12. The van der Waals surface area contributed by atoms with Gasteiger partial charge < -0.3 is 15.5 Å². The molecule has 0 atom stereocenters. The van der Waals surface area contributed by atoms with E-state index in [1.165, 1.54) is 5.56 Å². The zero-order valence-corrected chi connectivity index (χ0v) is 16.5. The van der Waals surface area contributed by atoms with Crippen molar-refractivity contribution in [2.75, 3.05) is 32.5 Å². The van der Waals surface area contributed by atoms with E-state index in [0.717, 1.165) is 13.0 Å². The van der Waals surface area contributed by atoms with Crippen LogP contribution in [0.3, 0.4) is 0 Å². The molecule has 2 amide bonds. The Morgan fingerprint density at radius 2 is 1.63 bits per heavy atom. The predicted octanol–water partition coefficient (Wildman–Crippen LogP) is 3.14. The summed E-state index contributed by atoms with van der Waals surface area (Å²) in [5.41, 5.74) is 2.36. The second-order valence-electron chi connectivity index (χ2n) is 7.05. The molecule has 0 spiro atoms. The lowest BCUT2D eigenvalue weighted by Gasteiger charge is -2.10. The van der Waals surface area contributed by atoms with E-state index in [1.807, 2.05) is 38.4 Å². The van der Waals surface area contributed by atoms with Gasteiger partial charge in [-0.25, -0.2) is 4.98 Å². The lowest BCUT2D eigenvalue weighted by Crippen LogP contribution is -2.28. The quantitative estimate of drug-likeness (QED) is 0.702. The molecule has 2 N–H and O–H groups in total. The minimum absolute atomic E-state index is 0.212. The third kappa shape index (κ3) is 6.49. The van der Waals surface area contributed by atoms with Crippen LogP contribution in [0.1, 0.15) is 52.7 Å². The first-order valence-corrected chi connectivity index (χ1v) is 9.18. The van der Waals surface area contributed by atoms with Gasteiger partial charge >= 0.3 is 0 Å². The van der Waals surface area contributed by atoms with Crippen molar-refractivity contribution in [2.45, 2.75) is 26.2 Å². The van der Waals surface area contributed by atoms with Crippen molar-refractivity contribution in [1.82, 2.24) is 15.2 Å². The summed E-state index contributed by atoms with van der Waals surface area (Å²) < 4.78 is 0. The largest absolute Gasteiger partial charge is 0.351 e. The summed E-state index contributed by atoms with van der Waals surface area (Å²) in [4.78, 5) is 30.9. The number of carbonyl (C=O) groups is 2. The van der Waals surface area contributed by atoms with Crippen LogP contribution in [0.4, 0.5) is 5.69 Å². The van der Waals surface area contributed by atoms with Gasteiger partial charge in [0.1, 0.15) is 11.4 Å². The standard InChI is InChI=1S/C21H28N4O2/c1-15(2)16-9-11-17(12-10-16)23-21(27)19-8-5-7-18(24-19)20(26)22-13-6-14-25(3)4/h5,7-12,15H,6,13-14H2,1-4H3,(H,22,26)(H,23,27). The molecule has 144 valence electrons. The van der Waals surface area contributed by atoms with Gasteiger partial charge in [0.05, 0.1) is 0 Å². The Bertz CT molecular complexity index is 770. The monoisotopic (exact) mass is 368 g/mol. The third-order valence-electron chi connectivity index (χ3n) is 4.12. The number of hydrogen-bond acceptors (Lipinski definition) is 4. The van der Waals surface area contributed by atoms with Crippen LogP contribution in [-0.2, 0) is 0 Å². The first-order valence-electron chi connectivity index (χ1n) is 9.18. The molecule has 2 aromatic rings. The molecular weight excluding hydrogens is 340 g/mol. The maximum atomic E-state index is 12.4. The van der Waals surface area contributed by atoms with Gasteiger partial charge in [-0.1, -0.05) is 32.0 Å². The minimum Gasteiger partial charge on any atom is -0.351 e. The maximum absolute atomic E-state index is 12.4. The molecule has 1 heterocycles. The van der Waals surface area contributed by atoms with E-state index in [9.17, 15) is 9.59 Å². The number of amides is 2. The van der Waals surface area contributed by atoms with E-state index >= 15 is 0 Å². The SMILES string of the molecule is CC(C)c1ccc(NC(=O)c2cccc(C(=O)NCCCN(C)C)n2)cc1. The van der Waals surface area contributed by atoms with Crippen LogP contribution in [0.5, 0.6) is 0 Å². The van der Waals surface area contributed by atoms with Gasteiger partial charge in [-0.2, -0.15) is 0 Å². The predicted molar refractivity (Wildman–Crippen MR) is 108 cm³/mol. The maximum Gasteiger partial charge on any atom is 0.274 e. The highest BCUT2D eigenvalue weighted by molar-refractivity contribution is 6.03. The Hall–Kier alpha value is -2.73. The number of hydrogen-bond donors (Lipinski definition) is 2. The molecule has 0 aliphatic heterocycles.